The van der Waals surface area contributed by atoms with Gasteiger partial charge in [0.25, 0.3) is 0 Å². The Balaban J connectivity index is -0.00000000333. The van der Waals surface area contributed by atoms with Gasteiger partial charge in [0.1, 0.15) is 0 Å². The summed E-state index contributed by atoms with van der Waals surface area (Å²) in [6, 6.07) is 0. The molecule has 0 rings (SSSR count). The third-order valence-electron chi connectivity index (χ3n) is 0. The summed E-state index contributed by atoms with van der Waals surface area (Å²) >= 11 is -0.188. The average molecular weight is 170 g/mol. The molecule has 0 unspecified atom stereocenters. The van der Waals surface area contributed by atoms with Crippen molar-refractivity contribution in [2.45, 2.75) is 0 Å². The second-order valence-corrected chi connectivity index (χ2v) is 0.249. The maximum atomic E-state index is 7.03. The molecule has 7 heteroatoms. The molecule has 10 N–H and O–H groups in total. The molecule has 0 aromatic carbocycles. The summed E-state index contributed by atoms with van der Waals surface area (Å²) in [6.45, 7) is 0. The Morgan fingerprint density at radius 2 is 0.714 bits per heavy atom. The summed E-state index contributed by atoms with van der Waals surface area (Å²) in [7, 11) is 0. The van der Waals surface area contributed by atoms with E-state index in [0.717, 1.165) is 0 Å². The van der Waals surface area contributed by atoms with Gasteiger partial charge in [-0.05, 0) is 0 Å². The van der Waals surface area contributed by atoms with Crippen molar-refractivity contribution in [3.8, 4) is 0 Å². The Hall–Kier alpha value is 0.279. The summed E-state index contributed by atoms with van der Waals surface area (Å²) in [5, 5.41) is 0. The Labute approximate surface area is 46.8 Å². The van der Waals surface area contributed by atoms with E-state index in [-0.39, 0.29) is 37.5 Å². The first kappa shape index (κ1) is 55.2. The van der Waals surface area contributed by atoms with Crippen LogP contribution >= 0.6 is 0 Å². The average Bonchev–Trinajstić information content (AvgIpc) is 0.918. The van der Waals surface area contributed by atoms with E-state index in [2.05, 4.69) is 0 Å². The number of hydrogen-bond donors (Lipinski definition) is 2. The molecule has 0 fully saturated rings. The standard InChI is InChI=1S/Cu.6H2O/h;6*1H2/q+2;;;;;;/p-2. The van der Waals surface area contributed by atoms with Gasteiger partial charge in [-0.15, -0.1) is 0 Å². The molecule has 57 valence electrons. The van der Waals surface area contributed by atoms with Crippen molar-refractivity contribution in [1.29, 1.82) is 0 Å². The van der Waals surface area contributed by atoms with Crippen LogP contribution in [0.1, 0.15) is 0 Å². The zero-order valence-corrected chi connectivity index (χ0v) is 4.14. The van der Waals surface area contributed by atoms with Crippen molar-refractivity contribution in [3.63, 3.8) is 0 Å². The van der Waals surface area contributed by atoms with E-state index in [1.165, 1.54) is 0 Å². The zero-order chi connectivity index (χ0) is 2.71. The van der Waals surface area contributed by atoms with Crippen molar-refractivity contribution in [2.75, 3.05) is 0 Å². The van der Waals surface area contributed by atoms with E-state index in [1.54, 1.807) is 0 Å². The monoisotopic (exact) mass is 169 g/mol. The molecular formula is H10CuO6. The van der Waals surface area contributed by atoms with E-state index in [9.17, 15) is 0 Å². The van der Waals surface area contributed by atoms with Crippen LogP contribution in [0.5, 0.6) is 0 Å². The van der Waals surface area contributed by atoms with Gasteiger partial charge in [-0.2, -0.15) is 0 Å². The van der Waals surface area contributed by atoms with Gasteiger partial charge in [0.15, 0.2) is 0 Å². The van der Waals surface area contributed by atoms with Gasteiger partial charge < -0.3 is 21.9 Å². The molecule has 0 amide bonds. The van der Waals surface area contributed by atoms with Gasteiger partial charge in [-0.25, -0.2) is 0 Å². The van der Waals surface area contributed by atoms with Crippen molar-refractivity contribution >= 4 is 0 Å². The van der Waals surface area contributed by atoms with Crippen LogP contribution in [0, 0.1) is 0 Å². The van der Waals surface area contributed by atoms with Crippen LogP contribution in [0.3, 0.4) is 0 Å². The van der Waals surface area contributed by atoms with E-state index in [1.807, 2.05) is 0 Å². The van der Waals surface area contributed by atoms with Crippen molar-refractivity contribution in [2.24, 2.45) is 0 Å². The fraction of sp³-hybridized carbons (Fsp3) is 0. The van der Waals surface area contributed by atoms with Crippen molar-refractivity contribution in [1.82, 2.24) is 0 Å². The molecule has 0 aliphatic carbocycles. The third kappa shape index (κ3) is 1470. The normalized spacial score (nSPS) is 3.14. The first-order valence-electron chi connectivity index (χ1n) is 0.270. The van der Waals surface area contributed by atoms with E-state index >= 15 is 0 Å². The quantitative estimate of drug-likeness (QED) is 0.350. The minimum atomic E-state index is -0.188. The van der Waals surface area contributed by atoms with Gasteiger partial charge >= 0.3 is 24.0 Å². The molecule has 0 aliphatic rings. The van der Waals surface area contributed by atoms with Gasteiger partial charge in [0.2, 0.25) is 0 Å². The topological polar surface area (TPSA) is 166 Å². The molecule has 7 heavy (non-hydrogen) atoms. The van der Waals surface area contributed by atoms with Gasteiger partial charge in [-0.3, -0.25) is 0 Å². The Morgan fingerprint density at radius 3 is 0.714 bits per heavy atom. The SMILES string of the molecule is O.O.O.O.[OH][Cu][OH]. The Kier molecular flexibility index (Phi) is 844. The third-order valence-corrected chi connectivity index (χ3v) is 0. The summed E-state index contributed by atoms with van der Waals surface area (Å²) in [4.78, 5) is 0. The van der Waals surface area contributed by atoms with Crippen molar-refractivity contribution < 1.29 is 45.9 Å². The van der Waals surface area contributed by atoms with Crippen LogP contribution in [-0.4, -0.2) is 30.3 Å². The molecule has 0 aliphatic heterocycles. The van der Waals surface area contributed by atoms with Crippen LogP contribution in [-0.2, 0) is 15.6 Å². The fourth-order valence-corrected chi connectivity index (χ4v) is 0. The number of rotatable bonds is 0. The van der Waals surface area contributed by atoms with E-state index in [4.69, 9.17) is 8.38 Å². The predicted molar refractivity (Wildman–Crippen MR) is 18.9 cm³/mol. The zero-order valence-electron chi connectivity index (χ0n) is 3.20. The molecule has 0 aromatic rings. The molecule has 0 heterocycles. The van der Waals surface area contributed by atoms with Gasteiger partial charge in [0.05, 0.1) is 0 Å². The summed E-state index contributed by atoms with van der Waals surface area (Å²) in [5.41, 5.74) is 0. The van der Waals surface area contributed by atoms with Crippen LogP contribution in [0.15, 0.2) is 0 Å². The van der Waals surface area contributed by atoms with E-state index < -0.39 is 0 Å². The second-order valence-electron chi connectivity index (χ2n) is 0.0603. The number of hydrogen-bond acceptors (Lipinski definition) is 2. The fourth-order valence-electron chi connectivity index (χ4n) is 0. The Morgan fingerprint density at radius 1 is 0.714 bits per heavy atom. The van der Waals surface area contributed by atoms with Gasteiger partial charge in [-0.1, -0.05) is 0 Å². The second kappa shape index (κ2) is 107. The molecule has 6 nitrogen and oxygen atoms in total. The predicted octanol–water partition coefficient (Wildman–Crippen LogP) is -4.42. The molecular weight excluding hydrogens is 160 g/mol. The van der Waals surface area contributed by atoms with Crippen LogP contribution in [0.2, 0.25) is 0 Å². The molecule has 0 saturated heterocycles. The maximum absolute atomic E-state index is 7.03. The summed E-state index contributed by atoms with van der Waals surface area (Å²) in [6.07, 6.45) is 0. The molecule has 0 atom stereocenters. The van der Waals surface area contributed by atoms with Gasteiger partial charge in [0, 0.05) is 0 Å². The van der Waals surface area contributed by atoms with Crippen LogP contribution in [0.4, 0.5) is 0 Å². The summed E-state index contributed by atoms with van der Waals surface area (Å²) in [5.74, 6) is 0. The van der Waals surface area contributed by atoms with E-state index in [0.29, 0.717) is 0 Å². The first-order chi connectivity index (χ1) is 1.41. The first-order valence-corrected chi connectivity index (χ1v) is 1.11. The van der Waals surface area contributed by atoms with Crippen LogP contribution in [0.25, 0.3) is 0 Å². The Bertz CT molecular complexity index is 4.14. The molecule has 0 aromatic heterocycles. The molecule has 0 saturated carbocycles. The molecule has 0 bridgehead atoms. The van der Waals surface area contributed by atoms with Crippen LogP contribution < -0.4 is 0 Å². The van der Waals surface area contributed by atoms with Crippen molar-refractivity contribution in [3.05, 3.63) is 0 Å². The molecule has 0 radical (unpaired) electrons. The minimum absolute atomic E-state index is 0. The summed E-state index contributed by atoms with van der Waals surface area (Å²) < 4.78 is 14.1. The molecule has 0 spiro atoms.